The van der Waals surface area contributed by atoms with Crippen LogP contribution in [0.3, 0.4) is 0 Å². The monoisotopic (exact) mass is 483 g/mol. The number of carbonyl (C=O) groups is 1. The number of aryl methyl sites for hydroxylation is 1. The number of anilines is 1. The van der Waals surface area contributed by atoms with Gasteiger partial charge in [-0.05, 0) is 47.1 Å². The number of hydrogen-bond donors (Lipinski definition) is 1. The van der Waals surface area contributed by atoms with E-state index < -0.39 is 10.8 Å². The van der Waals surface area contributed by atoms with Crippen LogP contribution < -0.4 is 5.32 Å². The van der Waals surface area contributed by atoms with Crippen molar-refractivity contribution in [2.75, 3.05) is 5.32 Å². The molecule has 2 aromatic carbocycles. The molecule has 0 unspecified atom stereocenters. The number of hydrogen-bond acceptors (Lipinski definition) is 6. The molecule has 30 heavy (non-hydrogen) atoms. The molecule has 0 spiro atoms. The van der Waals surface area contributed by atoms with Gasteiger partial charge < -0.3 is 5.32 Å². The van der Waals surface area contributed by atoms with Crippen LogP contribution in [0.1, 0.15) is 16.1 Å². The van der Waals surface area contributed by atoms with Gasteiger partial charge in [-0.15, -0.1) is 0 Å². The molecule has 0 fully saturated rings. The van der Waals surface area contributed by atoms with Crippen molar-refractivity contribution >= 4 is 50.6 Å². The molecule has 10 heteroatoms. The fourth-order valence-electron chi connectivity index (χ4n) is 2.76. The lowest BCUT2D eigenvalue weighted by molar-refractivity contribution is -0.385. The van der Waals surface area contributed by atoms with Gasteiger partial charge in [0.05, 0.1) is 9.40 Å². The van der Waals surface area contributed by atoms with Gasteiger partial charge in [0.1, 0.15) is 0 Å². The van der Waals surface area contributed by atoms with Crippen LogP contribution in [0.15, 0.2) is 75.2 Å². The predicted molar refractivity (Wildman–Crippen MR) is 117 cm³/mol. The van der Waals surface area contributed by atoms with E-state index in [9.17, 15) is 14.9 Å². The molecule has 2 heterocycles. The third kappa shape index (κ3) is 4.19. The Hall–Kier alpha value is -3.24. The van der Waals surface area contributed by atoms with Crippen LogP contribution in [0.5, 0.6) is 0 Å². The number of halogens is 1. The molecule has 0 saturated carbocycles. The molecular weight excluding hydrogens is 470 g/mol. The van der Waals surface area contributed by atoms with Gasteiger partial charge in [0.15, 0.2) is 11.3 Å². The molecule has 2 aromatic heterocycles. The molecule has 4 rings (SSSR count). The van der Waals surface area contributed by atoms with E-state index in [2.05, 4.69) is 31.3 Å². The zero-order chi connectivity index (χ0) is 21.3. The van der Waals surface area contributed by atoms with Crippen LogP contribution >= 0.6 is 27.7 Å². The lowest BCUT2D eigenvalue weighted by Crippen LogP contribution is -2.13. The number of amides is 1. The Balaban J connectivity index is 1.64. The van der Waals surface area contributed by atoms with Gasteiger partial charge in [-0.3, -0.25) is 14.9 Å². The first-order chi connectivity index (χ1) is 14.4. The van der Waals surface area contributed by atoms with Crippen molar-refractivity contribution in [3.63, 3.8) is 0 Å². The molecule has 4 aromatic rings. The van der Waals surface area contributed by atoms with Gasteiger partial charge >= 0.3 is 0 Å². The molecule has 0 bridgehead atoms. The number of nitrogens with zero attached hydrogens (tertiary/aromatic N) is 4. The van der Waals surface area contributed by atoms with Gasteiger partial charge in [0.25, 0.3) is 11.6 Å². The highest BCUT2D eigenvalue weighted by atomic mass is 79.9. The number of non-ortho nitro benzene ring substituents is 1. The van der Waals surface area contributed by atoms with Crippen LogP contribution in [-0.2, 0) is 0 Å². The minimum Gasteiger partial charge on any atom is -0.320 e. The summed E-state index contributed by atoms with van der Waals surface area (Å²) < 4.78 is 1.92. The molecule has 1 amide bonds. The first-order valence-corrected chi connectivity index (χ1v) is 10.4. The summed E-state index contributed by atoms with van der Waals surface area (Å²) in [6.07, 6.45) is 3.27. The van der Waals surface area contributed by atoms with Crippen LogP contribution in [0.4, 0.5) is 11.4 Å². The molecule has 0 saturated heterocycles. The van der Waals surface area contributed by atoms with E-state index in [4.69, 9.17) is 0 Å². The largest absolute Gasteiger partial charge is 0.320 e. The average molecular weight is 484 g/mol. The predicted octanol–water partition coefficient (Wildman–Crippen LogP) is 5.11. The van der Waals surface area contributed by atoms with Gasteiger partial charge in [0.2, 0.25) is 0 Å². The van der Waals surface area contributed by atoms with Gasteiger partial charge in [0, 0.05) is 40.0 Å². The number of nitro benzene ring substituents is 1. The summed E-state index contributed by atoms with van der Waals surface area (Å²) in [5, 5.41) is 18.3. The average Bonchev–Trinajstić information content (AvgIpc) is 3.06. The lowest BCUT2D eigenvalue weighted by atomic mass is 10.2. The molecule has 0 aliphatic carbocycles. The Labute approximate surface area is 183 Å². The summed E-state index contributed by atoms with van der Waals surface area (Å²) in [7, 11) is 0. The fraction of sp³-hybridized carbons (Fsp3) is 0.0500. The van der Waals surface area contributed by atoms with Crippen molar-refractivity contribution < 1.29 is 9.72 Å². The number of rotatable bonds is 5. The zero-order valence-corrected chi connectivity index (χ0v) is 18.0. The number of nitro groups is 1. The van der Waals surface area contributed by atoms with E-state index in [0.717, 1.165) is 10.5 Å². The second-order valence-corrected chi connectivity index (χ2v) is 8.33. The highest BCUT2D eigenvalue weighted by molar-refractivity contribution is 9.10. The summed E-state index contributed by atoms with van der Waals surface area (Å²) in [5.74, 6) is -0.501. The highest BCUT2D eigenvalue weighted by Gasteiger charge is 2.20. The first-order valence-electron chi connectivity index (χ1n) is 8.75. The van der Waals surface area contributed by atoms with Crippen LogP contribution in [-0.4, -0.2) is 25.4 Å². The van der Waals surface area contributed by atoms with Crippen molar-refractivity contribution in [2.45, 2.75) is 16.7 Å². The van der Waals surface area contributed by atoms with E-state index >= 15 is 0 Å². The maximum absolute atomic E-state index is 12.8. The summed E-state index contributed by atoms with van der Waals surface area (Å²) in [6, 6.07) is 14.0. The number of fused-ring (bicyclic) bond motifs is 1. The summed E-state index contributed by atoms with van der Waals surface area (Å²) >= 11 is 4.73. The summed E-state index contributed by atoms with van der Waals surface area (Å²) in [4.78, 5) is 29.4. The molecule has 8 nitrogen and oxygen atoms in total. The lowest BCUT2D eigenvalue weighted by Gasteiger charge is -2.08. The quantitative estimate of drug-likeness (QED) is 0.312. The van der Waals surface area contributed by atoms with Crippen molar-refractivity contribution in [2.24, 2.45) is 0 Å². The zero-order valence-electron chi connectivity index (χ0n) is 15.6. The maximum atomic E-state index is 12.8. The van der Waals surface area contributed by atoms with E-state index in [1.807, 2.05) is 31.2 Å². The summed E-state index contributed by atoms with van der Waals surface area (Å²) in [5.41, 5.74) is 1.95. The smallest absolute Gasteiger partial charge is 0.277 e. The third-order valence-electron chi connectivity index (χ3n) is 4.17. The molecule has 0 aliphatic rings. The Morgan fingerprint density at radius 3 is 2.67 bits per heavy atom. The second kappa shape index (κ2) is 8.25. The Kier molecular flexibility index (Phi) is 5.51. The molecule has 0 radical (unpaired) electrons. The van der Waals surface area contributed by atoms with E-state index in [0.29, 0.717) is 20.7 Å². The topological polar surface area (TPSA) is 102 Å². The number of benzene rings is 2. The van der Waals surface area contributed by atoms with Crippen molar-refractivity contribution in [3.05, 3.63) is 86.8 Å². The normalized spacial score (nSPS) is 10.9. The first kappa shape index (κ1) is 20.0. The third-order valence-corrected chi connectivity index (χ3v) is 5.88. The molecule has 150 valence electrons. The van der Waals surface area contributed by atoms with Crippen molar-refractivity contribution in [3.8, 4) is 0 Å². The number of nitrogens with one attached hydrogen (secondary N) is 1. The number of aromatic nitrogens is 3. The van der Waals surface area contributed by atoms with Gasteiger partial charge in [-0.2, -0.15) is 5.10 Å². The Morgan fingerprint density at radius 2 is 1.97 bits per heavy atom. The molecule has 0 atom stereocenters. The SMILES string of the molecule is Cc1ccc(Sc2cc(NC(=O)c3nn4cccnc4c3Br)cc([N+](=O)[O-])c2)cc1. The maximum Gasteiger partial charge on any atom is 0.277 e. The van der Waals surface area contributed by atoms with E-state index in [1.54, 1.807) is 24.5 Å². The van der Waals surface area contributed by atoms with Crippen molar-refractivity contribution in [1.82, 2.24) is 14.6 Å². The van der Waals surface area contributed by atoms with Crippen LogP contribution in [0.25, 0.3) is 5.65 Å². The Bertz CT molecular complexity index is 1270. The highest BCUT2D eigenvalue weighted by Crippen LogP contribution is 2.33. The van der Waals surface area contributed by atoms with E-state index in [1.165, 1.54) is 28.4 Å². The summed E-state index contributed by atoms with van der Waals surface area (Å²) in [6.45, 7) is 1.99. The molecular formula is C20H14BrN5O3S. The van der Waals surface area contributed by atoms with Crippen molar-refractivity contribution in [1.29, 1.82) is 0 Å². The van der Waals surface area contributed by atoms with Gasteiger partial charge in [-0.1, -0.05) is 29.5 Å². The fourth-order valence-corrected chi connectivity index (χ4v) is 4.21. The minimum absolute atomic E-state index is 0.113. The number of carbonyl (C=O) groups excluding carboxylic acids is 1. The Morgan fingerprint density at radius 1 is 1.20 bits per heavy atom. The van der Waals surface area contributed by atoms with Crippen LogP contribution in [0, 0.1) is 17.0 Å². The van der Waals surface area contributed by atoms with Crippen LogP contribution in [0.2, 0.25) is 0 Å². The molecule has 1 N–H and O–H groups in total. The minimum atomic E-state index is -0.501. The standard InChI is InChI=1S/C20H14BrN5O3S/c1-12-3-5-15(6-4-12)30-16-10-13(9-14(11-16)26(28)29)23-20(27)18-17(21)19-22-7-2-8-25(19)24-18/h2-11H,1H3,(H,23,27). The van der Waals surface area contributed by atoms with Gasteiger partial charge in [-0.25, -0.2) is 9.50 Å². The van der Waals surface area contributed by atoms with E-state index in [-0.39, 0.29) is 11.4 Å². The molecule has 0 aliphatic heterocycles. The second-order valence-electron chi connectivity index (χ2n) is 6.39.